The van der Waals surface area contributed by atoms with Crippen LogP contribution in [0, 0.1) is 0 Å². The van der Waals surface area contributed by atoms with E-state index in [0.717, 1.165) is 12.0 Å². The number of benzene rings is 1. The van der Waals surface area contributed by atoms with Gasteiger partial charge in [0.2, 0.25) is 5.91 Å². The van der Waals surface area contributed by atoms with Crippen LogP contribution in [0.4, 0.5) is 0 Å². The third kappa shape index (κ3) is 5.16. The van der Waals surface area contributed by atoms with E-state index in [1.807, 2.05) is 24.1 Å². The fourth-order valence-electron chi connectivity index (χ4n) is 4.11. The van der Waals surface area contributed by atoms with Gasteiger partial charge in [0.05, 0.1) is 10.0 Å². The van der Waals surface area contributed by atoms with E-state index in [2.05, 4.69) is 4.90 Å². The molecule has 144 valence electrons. The van der Waals surface area contributed by atoms with Gasteiger partial charge in [-0.25, -0.2) is 0 Å². The predicted molar refractivity (Wildman–Crippen MR) is 112 cm³/mol. The highest BCUT2D eigenvalue weighted by molar-refractivity contribution is 6.42. The summed E-state index contributed by atoms with van der Waals surface area (Å²) in [5, 5.41) is 1.03. The lowest BCUT2D eigenvalue weighted by molar-refractivity contribution is -0.128. The maximum absolute atomic E-state index is 12.7. The monoisotopic (exact) mass is 416 g/mol. The Morgan fingerprint density at radius 1 is 1.12 bits per heavy atom. The quantitative estimate of drug-likeness (QED) is 0.621. The molecule has 1 saturated carbocycles. The summed E-state index contributed by atoms with van der Waals surface area (Å²) in [6.45, 7) is 2.37. The molecule has 6 heteroatoms. The molecule has 1 heterocycles. The molecule has 0 unspecified atom stereocenters. The lowest BCUT2D eigenvalue weighted by atomic mass is 9.88. The Balaban J connectivity index is 0.00000243. The average Bonchev–Trinajstić information content (AvgIpc) is 3.16. The van der Waals surface area contributed by atoms with Crippen LogP contribution in [-0.4, -0.2) is 47.9 Å². The van der Waals surface area contributed by atoms with E-state index in [9.17, 15) is 4.79 Å². The van der Waals surface area contributed by atoms with Crippen molar-refractivity contribution in [2.75, 3.05) is 20.1 Å². The lowest BCUT2D eigenvalue weighted by Crippen LogP contribution is -2.52. The molecule has 2 fully saturated rings. The summed E-state index contributed by atoms with van der Waals surface area (Å²) in [7, 11) is 1.95. The third-order valence-electron chi connectivity index (χ3n) is 5.51. The van der Waals surface area contributed by atoms with Crippen molar-refractivity contribution in [1.29, 1.82) is 0 Å². The lowest BCUT2D eigenvalue weighted by Gasteiger charge is -2.42. The zero-order valence-electron chi connectivity index (χ0n) is 15.2. The molecule has 0 spiro atoms. The topological polar surface area (TPSA) is 23.6 Å². The Morgan fingerprint density at radius 3 is 2.50 bits per heavy atom. The molecule has 26 heavy (non-hydrogen) atoms. The Hall–Kier alpha value is -0.740. The van der Waals surface area contributed by atoms with Gasteiger partial charge in [0, 0.05) is 25.2 Å². The minimum absolute atomic E-state index is 0. The molecule has 0 bridgehead atoms. The van der Waals surface area contributed by atoms with Crippen LogP contribution in [0.15, 0.2) is 24.3 Å². The van der Waals surface area contributed by atoms with Gasteiger partial charge in [0.1, 0.15) is 0 Å². The van der Waals surface area contributed by atoms with Gasteiger partial charge in [0.15, 0.2) is 0 Å². The van der Waals surface area contributed by atoms with Crippen LogP contribution in [0.5, 0.6) is 0 Å². The van der Waals surface area contributed by atoms with Crippen molar-refractivity contribution < 1.29 is 4.79 Å². The van der Waals surface area contributed by atoms with E-state index in [4.69, 9.17) is 23.2 Å². The summed E-state index contributed by atoms with van der Waals surface area (Å²) in [6.07, 6.45) is 10.8. The zero-order chi connectivity index (χ0) is 17.8. The van der Waals surface area contributed by atoms with Crippen molar-refractivity contribution >= 4 is 47.6 Å². The number of likely N-dealkylation sites (N-methyl/N-ethyl adjacent to an activating group) is 1. The smallest absolute Gasteiger partial charge is 0.246 e. The first-order valence-corrected chi connectivity index (χ1v) is 9.96. The van der Waals surface area contributed by atoms with Gasteiger partial charge in [-0.2, -0.15) is 0 Å². The number of halogens is 3. The second-order valence-corrected chi connectivity index (χ2v) is 7.93. The van der Waals surface area contributed by atoms with E-state index < -0.39 is 0 Å². The second-order valence-electron chi connectivity index (χ2n) is 7.12. The molecule has 1 aromatic rings. The van der Waals surface area contributed by atoms with Crippen LogP contribution in [0.1, 0.15) is 44.1 Å². The number of hydrogen-bond donors (Lipinski definition) is 0. The van der Waals surface area contributed by atoms with Gasteiger partial charge >= 0.3 is 0 Å². The highest BCUT2D eigenvalue weighted by Gasteiger charge is 2.34. The van der Waals surface area contributed by atoms with E-state index in [1.165, 1.54) is 45.2 Å². The standard InChI is InChI=1S/C20H26Cl2N2O.ClH/c1-23(18-6-2-3-7-19(18)24-12-4-5-13-24)20(25)11-9-15-8-10-16(21)17(22)14-15;/h8-11,14,18-19H,2-7,12-13H2,1H3;1H/t18-,19-;/m0./s1. The Kier molecular flexibility index (Phi) is 8.28. The number of carbonyl (C=O) groups excluding carboxylic acids is 1. The molecule has 2 atom stereocenters. The van der Waals surface area contributed by atoms with Crippen molar-refractivity contribution in [1.82, 2.24) is 9.80 Å². The van der Waals surface area contributed by atoms with Crippen LogP contribution in [0.25, 0.3) is 6.08 Å². The first-order chi connectivity index (χ1) is 12.1. The van der Waals surface area contributed by atoms with Gasteiger partial charge in [-0.1, -0.05) is 42.1 Å². The van der Waals surface area contributed by atoms with Crippen molar-refractivity contribution in [2.45, 2.75) is 50.6 Å². The van der Waals surface area contributed by atoms with Gasteiger partial charge < -0.3 is 4.90 Å². The molecule has 1 amide bonds. The molecule has 0 N–H and O–H groups in total. The maximum Gasteiger partial charge on any atom is 0.246 e. The maximum atomic E-state index is 12.7. The molecular weight excluding hydrogens is 391 g/mol. The molecule has 0 radical (unpaired) electrons. The molecule has 1 aromatic carbocycles. The van der Waals surface area contributed by atoms with Crippen molar-refractivity contribution in [3.8, 4) is 0 Å². The second kappa shape index (κ2) is 9.98. The van der Waals surface area contributed by atoms with Crippen molar-refractivity contribution in [3.05, 3.63) is 39.9 Å². The Bertz CT molecular complexity index is 644. The van der Waals surface area contributed by atoms with Crippen LogP contribution in [0.2, 0.25) is 10.0 Å². The molecule has 2 aliphatic rings. The van der Waals surface area contributed by atoms with Crippen molar-refractivity contribution in [3.63, 3.8) is 0 Å². The number of amides is 1. The first-order valence-electron chi connectivity index (χ1n) is 9.20. The SMILES string of the molecule is CN(C(=O)C=Cc1ccc(Cl)c(Cl)c1)[C@H]1CCCC[C@@H]1N1CCCC1.Cl. The van der Waals surface area contributed by atoms with Gasteiger partial charge in [0.25, 0.3) is 0 Å². The normalized spacial score (nSPS) is 23.8. The average molecular weight is 418 g/mol. The molecular formula is C20H27Cl3N2O. The summed E-state index contributed by atoms with van der Waals surface area (Å²) >= 11 is 12.0. The summed E-state index contributed by atoms with van der Waals surface area (Å²) in [6, 6.07) is 6.23. The van der Waals surface area contributed by atoms with Crippen LogP contribution >= 0.6 is 35.6 Å². The summed E-state index contributed by atoms with van der Waals surface area (Å²) in [5.41, 5.74) is 0.885. The third-order valence-corrected chi connectivity index (χ3v) is 6.25. The molecule has 3 rings (SSSR count). The molecule has 1 aliphatic carbocycles. The fraction of sp³-hybridized carbons (Fsp3) is 0.550. The molecule has 1 saturated heterocycles. The summed E-state index contributed by atoms with van der Waals surface area (Å²) in [4.78, 5) is 17.2. The Morgan fingerprint density at radius 2 is 1.81 bits per heavy atom. The van der Waals surface area contributed by atoms with Gasteiger partial charge in [-0.05, 0) is 62.5 Å². The zero-order valence-corrected chi connectivity index (χ0v) is 17.5. The molecule has 1 aliphatic heterocycles. The molecule has 3 nitrogen and oxygen atoms in total. The minimum Gasteiger partial charge on any atom is -0.338 e. The number of rotatable bonds is 4. The number of nitrogens with zero attached hydrogens (tertiary/aromatic N) is 2. The van der Waals surface area contributed by atoms with Crippen LogP contribution in [0.3, 0.4) is 0 Å². The predicted octanol–water partition coefficient (Wildman–Crippen LogP) is 5.29. The van der Waals surface area contributed by atoms with E-state index >= 15 is 0 Å². The number of likely N-dealkylation sites (tertiary alicyclic amines) is 1. The van der Waals surface area contributed by atoms with Gasteiger partial charge in [-0.3, -0.25) is 9.69 Å². The van der Waals surface area contributed by atoms with Crippen molar-refractivity contribution in [2.24, 2.45) is 0 Å². The Labute approximate surface area is 172 Å². The number of hydrogen-bond acceptors (Lipinski definition) is 2. The largest absolute Gasteiger partial charge is 0.338 e. The summed E-state index contributed by atoms with van der Waals surface area (Å²) in [5.74, 6) is 0.0576. The fourth-order valence-corrected chi connectivity index (χ4v) is 4.41. The minimum atomic E-state index is 0. The number of carbonyl (C=O) groups is 1. The van der Waals surface area contributed by atoms with E-state index in [0.29, 0.717) is 22.1 Å². The van der Waals surface area contributed by atoms with E-state index in [1.54, 1.807) is 18.2 Å². The highest BCUT2D eigenvalue weighted by atomic mass is 35.5. The first kappa shape index (κ1) is 21.6. The van der Waals surface area contributed by atoms with E-state index in [-0.39, 0.29) is 18.3 Å². The summed E-state index contributed by atoms with van der Waals surface area (Å²) < 4.78 is 0. The van der Waals surface area contributed by atoms with Gasteiger partial charge in [-0.15, -0.1) is 12.4 Å². The van der Waals surface area contributed by atoms with Crippen LogP contribution < -0.4 is 0 Å². The molecule has 0 aromatic heterocycles. The highest BCUT2D eigenvalue weighted by Crippen LogP contribution is 2.29. The van der Waals surface area contributed by atoms with Crippen LogP contribution in [-0.2, 0) is 4.79 Å².